The van der Waals surface area contributed by atoms with Crippen molar-refractivity contribution in [3.05, 3.63) is 11.5 Å². The van der Waals surface area contributed by atoms with E-state index < -0.39 is 0 Å². The molecule has 0 fully saturated rings. The van der Waals surface area contributed by atoms with Gasteiger partial charge in [0.15, 0.2) is 0 Å². The third kappa shape index (κ3) is 32.6. The molecule has 0 aliphatic heterocycles. The number of hydrogen-bond acceptors (Lipinski definition) is 2. The number of nitrogens with zero attached hydrogens (tertiary/aromatic N) is 2. The average molecular weight is 281 g/mol. The summed E-state index contributed by atoms with van der Waals surface area (Å²) < 4.78 is 0. The van der Waals surface area contributed by atoms with Gasteiger partial charge in [0.1, 0.15) is 0 Å². The maximum Gasteiger partial charge on any atom is 2.00 e. The first-order valence-electron chi connectivity index (χ1n) is 4.13. The topological polar surface area (TPSA) is 54.1 Å². The van der Waals surface area contributed by atoms with Crippen molar-refractivity contribution < 1.29 is 20.4 Å². The summed E-state index contributed by atoms with van der Waals surface area (Å²) in [6.07, 6.45) is 0. The van der Waals surface area contributed by atoms with E-state index in [1.807, 2.05) is 0 Å². The molecule has 0 rings (SSSR count). The maximum atomic E-state index is 6.26. The zero-order valence-corrected chi connectivity index (χ0v) is 10.6. The van der Waals surface area contributed by atoms with Crippen molar-refractivity contribution in [3.8, 4) is 0 Å². The zero-order valence-electron chi connectivity index (χ0n) is 9.04. The molecule has 0 heterocycles. The van der Waals surface area contributed by atoms with Crippen molar-refractivity contribution in [2.45, 2.75) is 0 Å². The maximum absolute atomic E-state index is 6.26. The fraction of sp³-hybridized carbons (Fsp3) is 1.00. The molecule has 0 bridgehead atoms. The molecule has 4 nitrogen and oxygen atoms in total. The molecule has 0 saturated heterocycles. The summed E-state index contributed by atoms with van der Waals surface area (Å²) in [7, 11) is 8.35. The Morgan fingerprint density at radius 2 is 1.00 bits per heavy atom. The van der Waals surface area contributed by atoms with E-state index in [9.17, 15) is 0 Å². The first-order chi connectivity index (χ1) is 5.54. The van der Waals surface area contributed by atoms with Gasteiger partial charge in [0.05, 0.1) is 0 Å². The van der Waals surface area contributed by atoms with Crippen molar-refractivity contribution in [3.63, 3.8) is 0 Å². The molecule has 5 heteroatoms. The second-order valence-corrected chi connectivity index (χ2v) is 3.11. The zero-order chi connectivity index (χ0) is 9.98. The van der Waals surface area contributed by atoms with Crippen LogP contribution in [0, 0.1) is 0 Å². The van der Waals surface area contributed by atoms with Crippen molar-refractivity contribution in [2.24, 2.45) is 0 Å². The fourth-order valence-corrected chi connectivity index (χ4v) is 0.400. The van der Waals surface area contributed by atoms with Crippen LogP contribution in [0.1, 0.15) is 0 Å². The van der Waals surface area contributed by atoms with Crippen molar-refractivity contribution in [1.82, 2.24) is 9.80 Å². The van der Waals surface area contributed by atoms with Gasteiger partial charge in [0, 0.05) is 13.1 Å². The molecule has 0 aliphatic carbocycles. The van der Waals surface area contributed by atoms with Gasteiger partial charge in [0.25, 0.3) is 0 Å². The van der Waals surface area contributed by atoms with Gasteiger partial charge in [-0.05, 0) is 28.2 Å². The van der Waals surface area contributed by atoms with E-state index in [0.717, 1.165) is 13.1 Å². The molecule has 0 aliphatic rings. The molecule has 0 atom stereocenters. The van der Waals surface area contributed by atoms with E-state index in [2.05, 4.69) is 38.0 Å². The Hall–Kier alpha value is 0.502. The fourth-order valence-electron chi connectivity index (χ4n) is 0.400. The molecule has 13 heavy (non-hydrogen) atoms. The van der Waals surface area contributed by atoms with Crippen molar-refractivity contribution in [1.29, 1.82) is 0 Å². The van der Waals surface area contributed by atoms with Gasteiger partial charge in [-0.25, -0.2) is 0 Å². The normalized spacial score (nSPS) is 9.23. The third-order valence-corrected chi connectivity index (χ3v) is 1.12. The quantitative estimate of drug-likeness (QED) is 0.727. The molecule has 2 N–H and O–H groups in total. The summed E-state index contributed by atoms with van der Waals surface area (Å²) in [5, 5.41) is 0. The summed E-state index contributed by atoms with van der Waals surface area (Å²) in [6.45, 7) is 2.76. The van der Waals surface area contributed by atoms with Crippen LogP contribution in [0.4, 0.5) is 0 Å². The van der Waals surface area contributed by atoms with Gasteiger partial charge in [-0.1, -0.05) is 0 Å². The summed E-state index contributed by atoms with van der Waals surface area (Å²) in [6, 6.07) is 0. The monoisotopic (exact) mass is 280 g/mol. The van der Waals surface area contributed by atoms with E-state index >= 15 is 0 Å². The van der Waals surface area contributed by atoms with E-state index in [0.29, 0.717) is 0 Å². The largest absolute Gasteiger partial charge is 2.00 e. The molecule has 0 unspecified atom stereocenters. The Labute approximate surface area is 96.3 Å². The molecule has 0 aromatic rings. The molecule has 0 radical (unpaired) electrons. The first kappa shape index (κ1) is 19.1. The van der Waals surface area contributed by atoms with Gasteiger partial charge in [-0.3, -0.25) is 0 Å². The predicted octanol–water partition coefficient (Wildman–Crippen LogP) is 1.20. The van der Waals surface area contributed by atoms with Crippen molar-refractivity contribution >= 4 is 0 Å². The summed E-state index contributed by atoms with van der Waals surface area (Å²) in [5.74, 6) is 0. The third-order valence-electron chi connectivity index (χ3n) is 1.12. The predicted molar refractivity (Wildman–Crippen MR) is 55.5 cm³/mol. The number of hydrogen-bond donors (Lipinski definition) is 0. The van der Waals surface area contributed by atoms with E-state index in [-0.39, 0.29) is 33.5 Å². The van der Waals surface area contributed by atoms with Gasteiger partial charge >= 0.3 is 20.4 Å². The van der Waals surface area contributed by atoms with Crippen LogP contribution in [0.15, 0.2) is 0 Å². The van der Waals surface area contributed by atoms with Crippen LogP contribution in [-0.2, 0) is 20.4 Å². The minimum absolute atomic E-state index is 0. The van der Waals surface area contributed by atoms with Crippen LogP contribution >= 0.6 is 0 Å². The van der Waals surface area contributed by atoms with Crippen LogP contribution in [0.3, 0.4) is 0 Å². The minimum atomic E-state index is 0. The Kier molecular flexibility index (Phi) is 22.1. The van der Waals surface area contributed by atoms with Gasteiger partial charge in [0.2, 0.25) is 0 Å². The summed E-state index contributed by atoms with van der Waals surface area (Å²) in [4.78, 5) is 4.36. The Balaban J connectivity index is -0.000000173. The molecule has 0 aromatic heterocycles. The molecule has 0 saturated carbocycles. The standard InChI is InChI=1S/C6H16N2.C2H6N2.Pd/c1-7(2)5-6-8(3)4;3-1-2-4;/h5-6H2,1-4H3;3-4H,1-2H2;/q;-2;+2. The Morgan fingerprint density at radius 1 is 0.769 bits per heavy atom. The van der Waals surface area contributed by atoms with Crippen LogP contribution in [0.25, 0.3) is 11.5 Å². The first-order valence-corrected chi connectivity index (χ1v) is 4.13. The van der Waals surface area contributed by atoms with Gasteiger partial charge in [-0.15, -0.1) is 0 Å². The van der Waals surface area contributed by atoms with E-state index in [1.165, 1.54) is 0 Å². The van der Waals surface area contributed by atoms with E-state index in [1.54, 1.807) is 0 Å². The number of rotatable bonds is 4. The van der Waals surface area contributed by atoms with Crippen LogP contribution < -0.4 is 0 Å². The molecule has 0 aromatic carbocycles. The summed E-state index contributed by atoms with van der Waals surface area (Å²) >= 11 is 0. The van der Waals surface area contributed by atoms with Crippen LogP contribution in [0.5, 0.6) is 0 Å². The Bertz CT molecular complexity index is 68.5. The number of nitrogens with one attached hydrogen (secondary N) is 2. The average Bonchev–Trinajstić information content (AvgIpc) is 2.01. The molecule has 0 amide bonds. The molecule has 0 spiro atoms. The van der Waals surface area contributed by atoms with Crippen LogP contribution in [-0.4, -0.2) is 64.2 Å². The number of likely N-dealkylation sites (N-methyl/N-ethyl adjacent to an activating group) is 2. The van der Waals surface area contributed by atoms with Crippen molar-refractivity contribution in [2.75, 3.05) is 54.4 Å². The minimum Gasteiger partial charge on any atom is -0.679 e. The summed E-state index contributed by atoms with van der Waals surface area (Å²) in [5.41, 5.74) is 12.5. The van der Waals surface area contributed by atoms with Gasteiger partial charge in [-0.2, -0.15) is 13.1 Å². The van der Waals surface area contributed by atoms with E-state index in [4.69, 9.17) is 11.5 Å². The second-order valence-electron chi connectivity index (χ2n) is 3.11. The molecular formula is C8H22N4Pd. The second kappa shape index (κ2) is 15.0. The van der Waals surface area contributed by atoms with Gasteiger partial charge < -0.3 is 21.3 Å². The van der Waals surface area contributed by atoms with Crippen LogP contribution in [0.2, 0.25) is 0 Å². The molecular weight excluding hydrogens is 259 g/mol. The Morgan fingerprint density at radius 3 is 1.08 bits per heavy atom. The smallest absolute Gasteiger partial charge is 0.679 e. The SMILES string of the molecule is CN(C)CCN(C)C.[NH-]CC[NH-].[Pd+2]. The molecule has 84 valence electrons.